The summed E-state index contributed by atoms with van der Waals surface area (Å²) in [7, 11) is 3.89. The first kappa shape index (κ1) is 16.2. The first-order valence-electron chi connectivity index (χ1n) is 6.67. The molecule has 1 rings (SSSR count). The molecule has 0 unspecified atom stereocenters. The van der Waals surface area contributed by atoms with Gasteiger partial charge in [0.05, 0.1) is 0 Å². The molecule has 0 atom stereocenters. The zero-order chi connectivity index (χ0) is 15.1. The highest BCUT2D eigenvalue weighted by molar-refractivity contribution is 5.98. The molecule has 0 saturated heterocycles. The second kappa shape index (κ2) is 7.65. The van der Waals surface area contributed by atoms with E-state index in [4.69, 9.17) is 0 Å². The van der Waals surface area contributed by atoms with E-state index in [-0.39, 0.29) is 18.4 Å². The molecule has 0 saturated carbocycles. The summed E-state index contributed by atoms with van der Waals surface area (Å²) in [5.41, 5.74) is 1.76. The van der Waals surface area contributed by atoms with Gasteiger partial charge in [0.25, 0.3) is 0 Å². The van der Waals surface area contributed by atoms with Crippen molar-refractivity contribution in [1.29, 1.82) is 0 Å². The van der Waals surface area contributed by atoms with Crippen LogP contribution in [0.25, 0.3) is 0 Å². The summed E-state index contributed by atoms with van der Waals surface area (Å²) < 4.78 is 0. The fourth-order valence-corrected chi connectivity index (χ4v) is 1.85. The molecular formula is C15H23N3O2. The topological polar surface area (TPSA) is 52.7 Å². The lowest BCUT2D eigenvalue weighted by atomic mass is 10.2. The Hall–Kier alpha value is -1.88. The number of carbonyl (C=O) groups excluding carboxylic acids is 2. The molecule has 110 valence electrons. The van der Waals surface area contributed by atoms with Crippen LogP contribution in [0.15, 0.2) is 24.3 Å². The van der Waals surface area contributed by atoms with Crippen LogP contribution in [0.2, 0.25) is 0 Å². The highest BCUT2D eigenvalue weighted by Gasteiger charge is 2.16. The number of hydrogen-bond acceptors (Lipinski definition) is 3. The number of carbonyl (C=O) groups is 2. The van der Waals surface area contributed by atoms with Gasteiger partial charge in [-0.25, -0.2) is 0 Å². The molecule has 0 aliphatic rings. The first-order chi connectivity index (χ1) is 9.41. The van der Waals surface area contributed by atoms with Crippen molar-refractivity contribution in [2.24, 2.45) is 0 Å². The minimum atomic E-state index is -0.148. The number of rotatable bonds is 6. The number of hydrogen-bond donors (Lipinski definition) is 1. The number of anilines is 1. The zero-order valence-corrected chi connectivity index (χ0v) is 12.6. The standard InChI is InChI=1S/C15H23N3O2/c1-12-7-5-6-8-14(12)18(13(2)19)11-15(20)16-9-10-17(3)4/h5-8H,9-11H2,1-4H3,(H,16,20). The molecule has 0 bridgehead atoms. The molecule has 0 spiro atoms. The number of amides is 2. The molecule has 0 aromatic heterocycles. The molecule has 5 heteroatoms. The number of benzene rings is 1. The molecule has 1 aromatic carbocycles. The number of nitrogens with one attached hydrogen (secondary N) is 1. The van der Waals surface area contributed by atoms with Crippen molar-refractivity contribution in [2.75, 3.05) is 38.6 Å². The Balaban J connectivity index is 2.67. The maximum atomic E-state index is 11.9. The second-order valence-corrected chi connectivity index (χ2v) is 5.04. The third-order valence-corrected chi connectivity index (χ3v) is 2.97. The minimum absolute atomic E-state index is 0.0492. The van der Waals surface area contributed by atoms with Crippen LogP contribution in [0.3, 0.4) is 0 Å². The first-order valence-corrected chi connectivity index (χ1v) is 6.67. The van der Waals surface area contributed by atoms with Gasteiger partial charge in [-0.05, 0) is 32.6 Å². The van der Waals surface area contributed by atoms with Crippen LogP contribution in [0.4, 0.5) is 5.69 Å². The highest BCUT2D eigenvalue weighted by Crippen LogP contribution is 2.19. The summed E-state index contributed by atoms with van der Waals surface area (Å²) in [6.07, 6.45) is 0. The highest BCUT2D eigenvalue weighted by atomic mass is 16.2. The summed E-state index contributed by atoms with van der Waals surface area (Å²) in [5.74, 6) is -0.285. The van der Waals surface area contributed by atoms with E-state index in [0.29, 0.717) is 6.54 Å². The molecule has 0 fully saturated rings. The van der Waals surface area contributed by atoms with Crippen molar-refractivity contribution in [2.45, 2.75) is 13.8 Å². The van der Waals surface area contributed by atoms with Crippen LogP contribution in [-0.2, 0) is 9.59 Å². The molecule has 0 heterocycles. The lowest BCUT2D eigenvalue weighted by Crippen LogP contribution is -2.41. The van der Waals surface area contributed by atoms with Gasteiger partial charge < -0.3 is 15.1 Å². The van der Waals surface area contributed by atoms with Crippen LogP contribution in [0, 0.1) is 6.92 Å². The predicted molar refractivity (Wildman–Crippen MR) is 80.8 cm³/mol. The Bertz CT molecular complexity index is 472. The molecule has 1 N–H and O–H groups in total. The maximum absolute atomic E-state index is 11.9. The molecule has 5 nitrogen and oxygen atoms in total. The maximum Gasteiger partial charge on any atom is 0.240 e. The smallest absolute Gasteiger partial charge is 0.240 e. The van der Waals surface area contributed by atoms with Crippen LogP contribution in [0.1, 0.15) is 12.5 Å². The largest absolute Gasteiger partial charge is 0.353 e. The van der Waals surface area contributed by atoms with Crippen LogP contribution >= 0.6 is 0 Å². The van der Waals surface area contributed by atoms with Crippen molar-refractivity contribution >= 4 is 17.5 Å². The molecule has 20 heavy (non-hydrogen) atoms. The Kier molecular flexibility index (Phi) is 6.18. The van der Waals surface area contributed by atoms with Gasteiger partial charge in [0.2, 0.25) is 11.8 Å². The van der Waals surface area contributed by atoms with Crippen molar-refractivity contribution in [3.05, 3.63) is 29.8 Å². The van der Waals surface area contributed by atoms with Crippen LogP contribution in [0.5, 0.6) is 0 Å². The van der Waals surface area contributed by atoms with E-state index >= 15 is 0 Å². The van der Waals surface area contributed by atoms with E-state index in [9.17, 15) is 9.59 Å². The lowest BCUT2D eigenvalue weighted by Gasteiger charge is -2.22. The van der Waals surface area contributed by atoms with Gasteiger partial charge in [0, 0.05) is 25.7 Å². The molecular weight excluding hydrogens is 254 g/mol. The van der Waals surface area contributed by atoms with E-state index in [1.165, 1.54) is 11.8 Å². The van der Waals surface area contributed by atoms with E-state index in [1.54, 1.807) is 0 Å². The normalized spacial score (nSPS) is 10.4. The van der Waals surface area contributed by atoms with Gasteiger partial charge in [0.15, 0.2) is 0 Å². The summed E-state index contributed by atoms with van der Waals surface area (Å²) in [6.45, 7) is 4.80. The van der Waals surface area contributed by atoms with Gasteiger partial charge in [-0.1, -0.05) is 18.2 Å². The van der Waals surface area contributed by atoms with Gasteiger partial charge in [-0.2, -0.15) is 0 Å². The van der Waals surface area contributed by atoms with E-state index in [0.717, 1.165) is 17.8 Å². The van der Waals surface area contributed by atoms with Crippen molar-refractivity contribution in [1.82, 2.24) is 10.2 Å². The fraction of sp³-hybridized carbons (Fsp3) is 0.467. The number of aryl methyl sites for hydroxylation is 1. The SMILES string of the molecule is CC(=O)N(CC(=O)NCCN(C)C)c1ccccc1C. The lowest BCUT2D eigenvalue weighted by molar-refractivity contribution is -0.123. The third-order valence-electron chi connectivity index (χ3n) is 2.97. The molecule has 0 radical (unpaired) electrons. The quantitative estimate of drug-likeness (QED) is 0.845. The zero-order valence-electron chi connectivity index (χ0n) is 12.6. The summed E-state index contributed by atoms with van der Waals surface area (Å²) in [6, 6.07) is 7.55. The third kappa shape index (κ3) is 5.01. The fourth-order valence-electron chi connectivity index (χ4n) is 1.85. The van der Waals surface area contributed by atoms with Gasteiger partial charge in [-0.15, -0.1) is 0 Å². The van der Waals surface area contributed by atoms with Gasteiger partial charge >= 0.3 is 0 Å². The van der Waals surface area contributed by atoms with E-state index in [2.05, 4.69) is 5.32 Å². The number of para-hydroxylation sites is 1. The van der Waals surface area contributed by atoms with Gasteiger partial charge in [0.1, 0.15) is 6.54 Å². The second-order valence-electron chi connectivity index (χ2n) is 5.04. The molecule has 0 aliphatic carbocycles. The monoisotopic (exact) mass is 277 g/mol. The Morgan fingerprint density at radius 2 is 1.85 bits per heavy atom. The van der Waals surface area contributed by atoms with Crippen molar-refractivity contribution < 1.29 is 9.59 Å². The van der Waals surface area contributed by atoms with Crippen LogP contribution in [-0.4, -0.2) is 50.4 Å². The average Bonchev–Trinajstić information content (AvgIpc) is 2.36. The van der Waals surface area contributed by atoms with Gasteiger partial charge in [-0.3, -0.25) is 9.59 Å². The van der Waals surface area contributed by atoms with E-state index < -0.39 is 0 Å². The minimum Gasteiger partial charge on any atom is -0.353 e. The van der Waals surface area contributed by atoms with E-state index in [1.807, 2.05) is 50.2 Å². The molecule has 0 aliphatic heterocycles. The summed E-state index contributed by atoms with van der Waals surface area (Å²) >= 11 is 0. The summed E-state index contributed by atoms with van der Waals surface area (Å²) in [4.78, 5) is 27.1. The van der Waals surface area contributed by atoms with Crippen molar-refractivity contribution in [3.8, 4) is 0 Å². The number of nitrogens with zero attached hydrogens (tertiary/aromatic N) is 2. The molecule has 1 aromatic rings. The Labute approximate surface area is 120 Å². The number of likely N-dealkylation sites (N-methyl/N-ethyl adjacent to an activating group) is 1. The average molecular weight is 277 g/mol. The predicted octanol–water partition coefficient (Wildman–Crippen LogP) is 1.03. The molecule has 2 amide bonds. The van der Waals surface area contributed by atoms with Crippen molar-refractivity contribution in [3.63, 3.8) is 0 Å². The Morgan fingerprint density at radius 3 is 2.40 bits per heavy atom. The van der Waals surface area contributed by atoms with Crippen LogP contribution < -0.4 is 10.2 Å². The Morgan fingerprint density at radius 1 is 1.20 bits per heavy atom. The summed E-state index contributed by atoms with van der Waals surface area (Å²) in [5, 5.41) is 2.81.